The minimum Gasteiger partial charge on any atom is -0.465 e. The first-order chi connectivity index (χ1) is 11.8. The number of hydrogen-bond acceptors (Lipinski definition) is 2. The van der Waals surface area contributed by atoms with Crippen molar-refractivity contribution in [3.8, 4) is 0 Å². The smallest absolute Gasteiger partial charge is 0.407 e. The Morgan fingerprint density at radius 2 is 1.76 bits per heavy atom. The molecule has 2 aliphatic carbocycles. The number of halogens is 1. The molecule has 0 radical (unpaired) electrons. The van der Waals surface area contributed by atoms with Gasteiger partial charge >= 0.3 is 6.09 Å². The number of nitrogens with zero attached hydrogens (tertiary/aromatic N) is 1. The van der Waals surface area contributed by atoms with E-state index in [1.54, 1.807) is 4.90 Å². The summed E-state index contributed by atoms with van der Waals surface area (Å²) in [6.45, 7) is 5.95. The maximum Gasteiger partial charge on any atom is 0.407 e. The Kier molecular flexibility index (Phi) is 5.45. The number of carboxylic acid groups (broad SMARTS) is 1. The lowest BCUT2D eigenvalue weighted by molar-refractivity contribution is 0.0530. The zero-order valence-corrected chi connectivity index (χ0v) is 16.9. The van der Waals surface area contributed by atoms with E-state index in [-0.39, 0.29) is 11.6 Å². The van der Waals surface area contributed by atoms with Gasteiger partial charge in [-0.15, -0.1) is 0 Å². The third kappa shape index (κ3) is 4.56. The molecule has 0 saturated heterocycles. The molecule has 3 rings (SSSR count). The fraction of sp³-hybridized carbons (Fsp3) is 0.650. The second-order valence-electron chi connectivity index (χ2n) is 8.50. The number of amides is 1. The van der Waals surface area contributed by atoms with E-state index in [1.807, 2.05) is 20.8 Å². The van der Waals surface area contributed by atoms with Gasteiger partial charge in [-0.1, -0.05) is 28.1 Å². The topological polar surface area (TPSA) is 52.6 Å². The third-order valence-electron chi connectivity index (χ3n) is 5.53. The van der Waals surface area contributed by atoms with Gasteiger partial charge in [-0.25, -0.2) is 4.79 Å². The van der Waals surface area contributed by atoms with E-state index in [2.05, 4.69) is 45.5 Å². The van der Waals surface area contributed by atoms with E-state index in [1.165, 1.54) is 12.0 Å². The first kappa shape index (κ1) is 18.7. The summed E-state index contributed by atoms with van der Waals surface area (Å²) < 4.78 is 1.13. The standard InChI is InChI=1S/C20H29BrN2O2/c1-20(2,3)23(19(24)25)16-10-8-15(9-11-16)22-18-12-17(18)13-4-6-14(21)7-5-13/h4-7,15-18,22H,8-12H2,1-3H3,(H,24,25). The number of nitrogens with one attached hydrogen (secondary N) is 1. The van der Waals surface area contributed by atoms with Crippen molar-refractivity contribution in [2.75, 3.05) is 0 Å². The number of benzene rings is 1. The van der Waals surface area contributed by atoms with Crippen molar-refractivity contribution >= 4 is 22.0 Å². The molecule has 2 aliphatic rings. The predicted molar refractivity (Wildman–Crippen MR) is 104 cm³/mol. The molecular formula is C20H29BrN2O2. The summed E-state index contributed by atoms with van der Waals surface area (Å²) in [5.41, 5.74) is 1.08. The molecule has 1 aromatic rings. The van der Waals surface area contributed by atoms with Crippen molar-refractivity contribution in [2.45, 2.75) is 82.5 Å². The molecule has 2 atom stereocenters. The Morgan fingerprint density at radius 3 is 2.28 bits per heavy atom. The Morgan fingerprint density at radius 1 is 1.16 bits per heavy atom. The average Bonchev–Trinajstić information content (AvgIpc) is 3.27. The first-order valence-electron chi connectivity index (χ1n) is 9.29. The molecule has 1 aromatic carbocycles. The molecule has 0 heterocycles. The van der Waals surface area contributed by atoms with Gasteiger partial charge < -0.3 is 15.3 Å². The van der Waals surface area contributed by atoms with Crippen LogP contribution in [0.5, 0.6) is 0 Å². The van der Waals surface area contributed by atoms with E-state index < -0.39 is 6.09 Å². The van der Waals surface area contributed by atoms with Crippen LogP contribution in [0, 0.1) is 0 Å². The largest absolute Gasteiger partial charge is 0.465 e. The maximum atomic E-state index is 11.6. The van der Waals surface area contributed by atoms with Crippen molar-refractivity contribution in [3.05, 3.63) is 34.3 Å². The van der Waals surface area contributed by atoms with Crippen LogP contribution in [-0.2, 0) is 0 Å². The van der Waals surface area contributed by atoms with Crippen LogP contribution in [-0.4, -0.2) is 39.8 Å². The predicted octanol–water partition coefficient (Wildman–Crippen LogP) is 4.98. The Balaban J connectivity index is 1.49. The van der Waals surface area contributed by atoms with Gasteiger partial charge in [-0.05, 0) is 70.6 Å². The highest BCUT2D eigenvalue weighted by molar-refractivity contribution is 9.10. The number of rotatable bonds is 4. The van der Waals surface area contributed by atoms with E-state index >= 15 is 0 Å². The zero-order chi connectivity index (χ0) is 18.2. The molecule has 0 aliphatic heterocycles. The molecule has 2 fully saturated rings. The second kappa shape index (κ2) is 7.28. The van der Waals surface area contributed by atoms with Crippen LogP contribution in [0.3, 0.4) is 0 Å². The molecule has 2 saturated carbocycles. The van der Waals surface area contributed by atoms with Crippen LogP contribution in [0.4, 0.5) is 4.79 Å². The summed E-state index contributed by atoms with van der Waals surface area (Å²) in [4.78, 5) is 13.3. The van der Waals surface area contributed by atoms with E-state index in [0.29, 0.717) is 18.0 Å². The minimum atomic E-state index is -0.790. The molecule has 0 aromatic heterocycles. The molecule has 1 amide bonds. The highest BCUT2D eigenvalue weighted by Gasteiger charge is 2.41. The first-order valence-corrected chi connectivity index (χ1v) is 10.1. The molecule has 4 nitrogen and oxygen atoms in total. The van der Waals surface area contributed by atoms with Crippen molar-refractivity contribution in [1.82, 2.24) is 10.2 Å². The zero-order valence-electron chi connectivity index (χ0n) is 15.3. The molecular weight excluding hydrogens is 380 g/mol. The quantitative estimate of drug-likeness (QED) is 0.737. The fourth-order valence-electron chi connectivity index (χ4n) is 4.25. The van der Waals surface area contributed by atoms with Crippen molar-refractivity contribution < 1.29 is 9.90 Å². The summed E-state index contributed by atoms with van der Waals surface area (Å²) in [5, 5.41) is 13.4. The van der Waals surface area contributed by atoms with Crippen LogP contribution in [0.1, 0.15) is 64.4 Å². The minimum absolute atomic E-state index is 0.150. The average molecular weight is 409 g/mol. The SMILES string of the molecule is CC(C)(C)N(C(=O)O)C1CCC(NC2CC2c2ccc(Br)cc2)CC1. The van der Waals surface area contributed by atoms with E-state index in [0.717, 1.165) is 30.2 Å². The normalized spacial score (nSPS) is 29.3. The van der Waals surface area contributed by atoms with Crippen LogP contribution in [0.25, 0.3) is 0 Å². The Labute approximate surface area is 159 Å². The Bertz CT molecular complexity index is 603. The van der Waals surface area contributed by atoms with Crippen molar-refractivity contribution in [1.29, 1.82) is 0 Å². The lowest BCUT2D eigenvalue weighted by atomic mass is 9.88. The molecule has 138 valence electrons. The van der Waals surface area contributed by atoms with Crippen LogP contribution >= 0.6 is 15.9 Å². The molecule has 2 N–H and O–H groups in total. The number of hydrogen-bond donors (Lipinski definition) is 2. The van der Waals surface area contributed by atoms with Crippen molar-refractivity contribution in [2.24, 2.45) is 0 Å². The van der Waals surface area contributed by atoms with Gasteiger partial charge in [0.05, 0.1) is 0 Å². The van der Waals surface area contributed by atoms with Crippen LogP contribution in [0.2, 0.25) is 0 Å². The van der Waals surface area contributed by atoms with Gasteiger partial charge in [-0.2, -0.15) is 0 Å². The highest BCUT2D eigenvalue weighted by atomic mass is 79.9. The molecule has 0 bridgehead atoms. The molecule has 5 heteroatoms. The van der Waals surface area contributed by atoms with Gasteiger partial charge in [0.25, 0.3) is 0 Å². The van der Waals surface area contributed by atoms with E-state index in [9.17, 15) is 9.90 Å². The summed E-state index contributed by atoms with van der Waals surface area (Å²) >= 11 is 3.49. The van der Waals surface area contributed by atoms with Gasteiger partial charge in [0.2, 0.25) is 0 Å². The monoisotopic (exact) mass is 408 g/mol. The Hall–Kier alpha value is -1.07. The fourth-order valence-corrected chi connectivity index (χ4v) is 4.52. The van der Waals surface area contributed by atoms with E-state index in [4.69, 9.17) is 0 Å². The maximum absolute atomic E-state index is 11.6. The van der Waals surface area contributed by atoms with Gasteiger partial charge in [0, 0.05) is 34.1 Å². The lowest BCUT2D eigenvalue weighted by Gasteiger charge is -2.42. The summed E-state index contributed by atoms with van der Waals surface area (Å²) in [6, 6.07) is 9.91. The van der Waals surface area contributed by atoms with Crippen LogP contribution in [0.15, 0.2) is 28.7 Å². The summed E-state index contributed by atoms with van der Waals surface area (Å²) in [5.74, 6) is 0.635. The van der Waals surface area contributed by atoms with Gasteiger partial charge in [0.1, 0.15) is 0 Å². The van der Waals surface area contributed by atoms with Gasteiger partial charge in [-0.3, -0.25) is 0 Å². The van der Waals surface area contributed by atoms with Crippen molar-refractivity contribution in [3.63, 3.8) is 0 Å². The molecule has 2 unspecified atom stereocenters. The highest BCUT2D eigenvalue weighted by Crippen LogP contribution is 2.42. The molecule has 0 spiro atoms. The third-order valence-corrected chi connectivity index (χ3v) is 6.06. The van der Waals surface area contributed by atoms with Crippen LogP contribution < -0.4 is 5.32 Å². The van der Waals surface area contributed by atoms with Gasteiger partial charge in [0.15, 0.2) is 0 Å². The molecule has 25 heavy (non-hydrogen) atoms. The summed E-state index contributed by atoms with van der Waals surface area (Å²) in [7, 11) is 0. The number of carbonyl (C=O) groups is 1. The lowest BCUT2D eigenvalue weighted by Crippen LogP contribution is -2.53. The second-order valence-corrected chi connectivity index (χ2v) is 9.41. The summed E-state index contributed by atoms with van der Waals surface area (Å²) in [6.07, 6.45) is 4.46.